The summed E-state index contributed by atoms with van der Waals surface area (Å²) < 4.78 is 1.81. The van der Waals surface area contributed by atoms with Gasteiger partial charge in [-0.3, -0.25) is 9.67 Å². The van der Waals surface area contributed by atoms with Crippen LogP contribution in [0.2, 0.25) is 0 Å². The van der Waals surface area contributed by atoms with Gasteiger partial charge in [-0.1, -0.05) is 12.1 Å². The van der Waals surface area contributed by atoms with Crippen molar-refractivity contribution < 1.29 is 0 Å². The largest absolute Gasteiger partial charge is 0.369 e. The summed E-state index contributed by atoms with van der Waals surface area (Å²) in [6.45, 7) is 4.69. The van der Waals surface area contributed by atoms with Gasteiger partial charge in [-0.05, 0) is 12.8 Å². The van der Waals surface area contributed by atoms with Gasteiger partial charge < -0.3 is 10.6 Å². The highest BCUT2D eigenvalue weighted by molar-refractivity contribution is 5.41. The molecule has 2 heterocycles. The zero-order valence-electron chi connectivity index (χ0n) is 11.1. The van der Waals surface area contributed by atoms with E-state index < -0.39 is 0 Å². The number of nitrogens with one attached hydrogen (secondary N) is 2. The smallest absolute Gasteiger partial charge is 0.146 e. The molecule has 19 heavy (non-hydrogen) atoms. The van der Waals surface area contributed by atoms with E-state index in [2.05, 4.69) is 37.8 Å². The summed E-state index contributed by atoms with van der Waals surface area (Å²) in [6, 6.07) is 0. The van der Waals surface area contributed by atoms with Crippen LogP contribution in [-0.2, 0) is 6.54 Å². The van der Waals surface area contributed by atoms with E-state index in [1.54, 1.807) is 18.6 Å². The van der Waals surface area contributed by atoms with Gasteiger partial charge in [-0.15, -0.1) is 5.10 Å². The van der Waals surface area contributed by atoms with Crippen molar-refractivity contribution in [2.75, 3.05) is 23.7 Å². The summed E-state index contributed by atoms with van der Waals surface area (Å²) in [5.74, 6) is 1.60. The highest BCUT2D eigenvalue weighted by Crippen LogP contribution is 2.06. The lowest BCUT2D eigenvalue weighted by molar-refractivity contribution is 0.569. The number of anilines is 2. The van der Waals surface area contributed by atoms with Crippen molar-refractivity contribution in [2.45, 2.75) is 26.3 Å². The van der Waals surface area contributed by atoms with Crippen molar-refractivity contribution in [3.8, 4) is 0 Å². The minimum Gasteiger partial charge on any atom is -0.369 e. The molecule has 7 nitrogen and oxygen atoms in total. The SMILES string of the molecule is CCCNc1cncc(NCCCn2ccnn2)n1. The van der Waals surface area contributed by atoms with E-state index >= 15 is 0 Å². The van der Waals surface area contributed by atoms with Crippen LogP contribution < -0.4 is 10.6 Å². The molecule has 0 saturated carbocycles. The second kappa shape index (κ2) is 7.30. The second-order valence-electron chi connectivity index (χ2n) is 4.16. The minimum absolute atomic E-state index is 0.791. The van der Waals surface area contributed by atoms with Crippen molar-refractivity contribution in [1.82, 2.24) is 25.0 Å². The summed E-state index contributed by atoms with van der Waals surface area (Å²) in [6.07, 6.45) is 9.02. The van der Waals surface area contributed by atoms with E-state index in [0.29, 0.717) is 0 Å². The number of nitrogens with zero attached hydrogens (tertiary/aromatic N) is 5. The Kier molecular flexibility index (Phi) is 5.09. The molecule has 0 radical (unpaired) electrons. The molecule has 0 spiro atoms. The van der Waals surface area contributed by atoms with Gasteiger partial charge in [0.1, 0.15) is 11.6 Å². The van der Waals surface area contributed by atoms with Crippen LogP contribution in [0.1, 0.15) is 19.8 Å². The normalized spacial score (nSPS) is 10.4. The van der Waals surface area contributed by atoms with Crippen molar-refractivity contribution in [2.24, 2.45) is 0 Å². The quantitative estimate of drug-likeness (QED) is 0.699. The summed E-state index contributed by atoms with van der Waals surface area (Å²) in [7, 11) is 0. The summed E-state index contributed by atoms with van der Waals surface area (Å²) in [5, 5.41) is 14.1. The molecule has 0 unspecified atom stereocenters. The molecule has 0 aliphatic heterocycles. The Balaban J connectivity index is 1.73. The highest BCUT2D eigenvalue weighted by Gasteiger charge is 1.98. The van der Waals surface area contributed by atoms with Gasteiger partial charge in [0.05, 0.1) is 18.6 Å². The Morgan fingerprint density at radius 1 is 1.16 bits per heavy atom. The maximum atomic E-state index is 4.43. The third kappa shape index (κ3) is 4.53. The second-order valence-corrected chi connectivity index (χ2v) is 4.16. The van der Waals surface area contributed by atoms with Crippen molar-refractivity contribution in [3.63, 3.8) is 0 Å². The first kappa shape index (κ1) is 13.3. The summed E-state index contributed by atoms with van der Waals surface area (Å²) in [4.78, 5) is 8.58. The number of rotatable bonds is 8. The topological polar surface area (TPSA) is 80.5 Å². The van der Waals surface area contributed by atoms with E-state index in [9.17, 15) is 0 Å². The van der Waals surface area contributed by atoms with Crippen molar-refractivity contribution in [1.29, 1.82) is 0 Å². The van der Waals surface area contributed by atoms with Gasteiger partial charge in [0.15, 0.2) is 0 Å². The number of hydrogen-bond donors (Lipinski definition) is 2. The van der Waals surface area contributed by atoms with Gasteiger partial charge in [0, 0.05) is 25.8 Å². The number of hydrogen-bond acceptors (Lipinski definition) is 6. The molecule has 102 valence electrons. The number of aromatic nitrogens is 5. The fourth-order valence-electron chi connectivity index (χ4n) is 1.60. The average molecular weight is 261 g/mol. The minimum atomic E-state index is 0.791. The van der Waals surface area contributed by atoms with Crippen LogP contribution in [0.3, 0.4) is 0 Å². The molecule has 0 aliphatic rings. The molecule has 0 saturated heterocycles. The molecule has 0 fully saturated rings. The Hall–Kier alpha value is -2.18. The lowest BCUT2D eigenvalue weighted by Crippen LogP contribution is -2.10. The Morgan fingerprint density at radius 2 is 1.95 bits per heavy atom. The van der Waals surface area contributed by atoms with E-state index in [4.69, 9.17) is 0 Å². The molecule has 0 atom stereocenters. The lowest BCUT2D eigenvalue weighted by Gasteiger charge is -2.07. The summed E-state index contributed by atoms with van der Waals surface area (Å²) in [5.41, 5.74) is 0. The van der Waals surface area contributed by atoms with E-state index in [-0.39, 0.29) is 0 Å². The zero-order chi connectivity index (χ0) is 13.3. The zero-order valence-corrected chi connectivity index (χ0v) is 11.1. The van der Waals surface area contributed by atoms with Crippen LogP contribution in [0.15, 0.2) is 24.8 Å². The molecule has 2 rings (SSSR count). The molecule has 7 heteroatoms. The average Bonchev–Trinajstić information content (AvgIpc) is 2.95. The van der Waals surface area contributed by atoms with Gasteiger partial charge in [0.25, 0.3) is 0 Å². The molecular weight excluding hydrogens is 242 g/mol. The van der Waals surface area contributed by atoms with E-state index in [0.717, 1.165) is 44.1 Å². The Labute approximate surface area is 112 Å². The molecule has 0 bridgehead atoms. The maximum absolute atomic E-state index is 4.43. The van der Waals surface area contributed by atoms with Crippen LogP contribution in [0, 0.1) is 0 Å². The first-order valence-corrected chi connectivity index (χ1v) is 6.52. The lowest BCUT2D eigenvalue weighted by atomic mass is 10.4. The predicted molar refractivity (Wildman–Crippen MR) is 73.9 cm³/mol. The maximum Gasteiger partial charge on any atom is 0.146 e. The van der Waals surface area contributed by atoms with Crippen molar-refractivity contribution in [3.05, 3.63) is 24.8 Å². The fourth-order valence-corrected chi connectivity index (χ4v) is 1.60. The summed E-state index contributed by atoms with van der Waals surface area (Å²) >= 11 is 0. The Morgan fingerprint density at radius 3 is 2.63 bits per heavy atom. The van der Waals surface area contributed by atoms with Crippen LogP contribution in [0.5, 0.6) is 0 Å². The number of aryl methyl sites for hydroxylation is 1. The predicted octanol–water partition coefficient (Wildman–Crippen LogP) is 1.39. The van der Waals surface area contributed by atoms with E-state index in [1.165, 1.54) is 0 Å². The molecule has 0 amide bonds. The van der Waals surface area contributed by atoms with Crippen LogP contribution >= 0.6 is 0 Å². The molecule has 0 aliphatic carbocycles. The van der Waals surface area contributed by atoms with Gasteiger partial charge in [-0.2, -0.15) is 0 Å². The van der Waals surface area contributed by atoms with Crippen molar-refractivity contribution >= 4 is 11.6 Å². The molecule has 0 aromatic carbocycles. The van der Waals surface area contributed by atoms with Gasteiger partial charge in [-0.25, -0.2) is 4.98 Å². The van der Waals surface area contributed by atoms with Crippen LogP contribution in [0.4, 0.5) is 11.6 Å². The first-order chi connectivity index (χ1) is 9.38. The first-order valence-electron chi connectivity index (χ1n) is 6.52. The van der Waals surface area contributed by atoms with Crippen LogP contribution in [0.25, 0.3) is 0 Å². The standard InChI is InChI=1S/C12H19N7/c1-2-4-14-11-9-13-10-12(17-11)15-5-3-7-19-8-6-16-18-19/h6,8-10H,2-5,7H2,1H3,(H2,14,15,17). The highest BCUT2D eigenvalue weighted by atomic mass is 15.4. The van der Waals surface area contributed by atoms with Gasteiger partial charge >= 0.3 is 0 Å². The monoisotopic (exact) mass is 261 g/mol. The molecule has 2 N–H and O–H groups in total. The third-order valence-corrected chi connectivity index (χ3v) is 2.53. The molecular formula is C12H19N7. The fraction of sp³-hybridized carbons (Fsp3) is 0.500. The molecule has 2 aromatic rings. The molecule has 2 aromatic heterocycles. The Bertz CT molecular complexity index is 469. The third-order valence-electron chi connectivity index (χ3n) is 2.53. The van der Waals surface area contributed by atoms with E-state index in [1.807, 2.05) is 10.9 Å². The van der Waals surface area contributed by atoms with Crippen LogP contribution in [-0.4, -0.2) is 38.1 Å². The van der Waals surface area contributed by atoms with Gasteiger partial charge in [0.2, 0.25) is 0 Å².